The minimum absolute atomic E-state index is 0.0918. The lowest BCUT2D eigenvalue weighted by Crippen LogP contribution is -2.71. The van der Waals surface area contributed by atoms with Crippen LogP contribution >= 0.6 is 0 Å². The molecule has 20 nitrogen and oxygen atoms in total. The van der Waals surface area contributed by atoms with Crippen LogP contribution in [0.2, 0.25) is 0 Å². The van der Waals surface area contributed by atoms with E-state index in [0.29, 0.717) is 10.9 Å². The first-order valence-corrected chi connectivity index (χ1v) is 17.3. The number of benzene rings is 1. The van der Waals surface area contributed by atoms with Crippen LogP contribution in [0.1, 0.15) is 54.0 Å². The molecule has 2 amide bonds. The van der Waals surface area contributed by atoms with Crippen molar-refractivity contribution in [3.8, 4) is 5.75 Å². The number of hydrogen-bond donors (Lipinski definition) is 2. The van der Waals surface area contributed by atoms with E-state index in [1.54, 1.807) is 19.1 Å². The summed E-state index contributed by atoms with van der Waals surface area (Å²) in [6.07, 6.45) is -12.1. The summed E-state index contributed by atoms with van der Waals surface area (Å²) in [5.41, 5.74) is 0.197. The molecule has 306 valence electrons. The Hall–Kier alpha value is -5.60. The Labute approximate surface area is 319 Å². The van der Waals surface area contributed by atoms with Crippen LogP contribution in [0.5, 0.6) is 5.75 Å². The highest BCUT2D eigenvalue weighted by molar-refractivity contribution is 5.81. The maximum atomic E-state index is 12.7. The Morgan fingerprint density at radius 2 is 1.11 bits per heavy atom. The van der Waals surface area contributed by atoms with Crippen LogP contribution in [-0.2, 0) is 71.5 Å². The number of rotatable bonds is 13. The highest BCUT2D eigenvalue weighted by Crippen LogP contribution is 2.35. The molecule has 56 heavy (non-hydrogen) atoms. The second-order valence-electron chi connectivity index (χ2n) is 13.0. The molecule has 2 aromatic rings. The maximum absolute atomic E-state index is 12.7. The number of nitrogens with one attached hydrogen (secondary N) is 2. The zero-order valence-electron chi connectivity index (χ0n) is 31.8. The van der Waals surface area contributed by atoms with Crippen molar-refractivity contribution in [1.29, 1.82) is 0 Å². The van der Waals surface area contributed by atoms with Crippen LogP contribution < -0.4 is 21.0 Å². The largest absolute Gasteiger partial charge is 0.463 e. The van der Waals surface area contributed by atoms with E-state index in [1.807, 2.05) is 0 Å². The number of esters is 5. The lowest BCUT2D eigenvalue weighted by atomic mass is 9.94. The van der Waals surface area contributed by atoms with Gasteiger partial charge in [-0.05, 0) is 24.6 Å². The second kappa shape index (κ2) is 18.8. The molecule has 3 heterocycles. The summed E-state index contributed by atoms with van der Waals surface area (Å²) in [5.74, 6) is -5.28. The summed E-state index contributed by atoms with van der Waals surface area (Å²) in [4.78, 5) is 98.7. The third-order valence-corrected chi connectivity index (χ3v) is 8.31. The van der Waals surface area contributed by atoms with Crippen LogP contribution in [-0.4, -0.2) is 116 Å². The average molecular weight is 793 g/mol. The fraction of sp³-hybridized carbons (Fsp3) is 0.556. The average Bonchev–Trinajstić information content (AvgIpc) is 3.06. The molecule has 0 aliphatic carbocycles. The number of carbonyl (C=O) groups is 7. The van der Waals surface area contributed by atoms with E-state index in [4.69, 9.17) is 47.0 Å². The fourth-order valence-electron chi connectivity index (χ4n) is 6.30. The van der Waals surface area contributed by atoms with Gasteiger partial charge in [0.25, 0.3) is 0 Å². The molecule has 0 spiro atoms. The molecule has 20 heteroatoms. The highest BCUT2D eigenvalue weighted by Gasteiger charge is 2.56. The minimum Gasteiger partial charge on any atom is -0.463 e. The van der Waals surface area contributed by atoms with Gasteiger partial charge in [-0.2, -0.15) is 0 Å². The Morgan fingerprint density at radius 1 is 0.625 bits per heavy atom. The lowest BCUT2D eigenvalue weighted by Gasteiger charge is -2.49. The van der Waals surface area contributed by atoms with Gasteiger partial charge < -0.3 is 57.7 Å². The molecule has 2 aliphatic heterocycles. The Balaban J connectivity index is 1.83. The maximum Gasteiger partial charge on any atom is 0.336 e. The first-order valence-electron chi connectivity index (χ1n) is 17.3. The second-order valence-corrected chi connectivity index (χ2v) is 13.0. The van der Waals surface area contributed by atoms with Crippen LogP contribution in [0.3, 0.4) is 0 Å². The molecule has 0 radical (unpaired) electrons. The van der Waals surface area contributed by atoms with Gasteiger partial charge in [-0.25, -0.2) is 4.79 Å². The van der Waals surface area contributed by atoms with Crippen LogP contribution in [0.15, 0.2) is 33.5 Å². The van der Waals surface area contributed by atoms with Gasteiger partial charge in [-0.1, -0.05) is 0 Å². The molecular weight excluding hydrogens is 748 g/mol. The zero-order valence-corrected chi connectivity index (χ0v) is 31.8. The molecule has 0 bridgehead atoms. The predicted octanol–water partition coefficient (Wildman–Crippen LogP) is 0.246. The van der Waals surface area contributed by atoms with Gasteiger partial charge in [-0.3, -0.25) is 33.6 Å². The van der Waals surface area contributed by atoms with Gasteiger partial charge in [0.2, 0.25) is 18.1 Å². The van der Waals surface area contributed by atoms with E-state index < -0.39 is 122 Å². The van der Waals surface area contributed by atoms with Crippen molar-refractivity contribution in [3.05, 3.63) is 40.2 Å². The zero-order chi connectivity index (χ0) is 41.4. The molecule has 2 N–H and O–H groups in total. The molecule has 2 aliphatic rings. The molecule has 10 atom stereocenters. The lowest BCUT2D eigenvalue weighted by molar-refractivity contribution is -0.327. The normalized spacial score (nSPS) is 27.2. The topological polar surface area (TPSA) is 257 Å². The van der Waals surface area contributed by atoms with Gasteiger partial charge in [0.15, 0.2) is 24.6 Å². The van der Waals surface area contributed by atoms with E-state index >= 15 is 0 Å². The smallest absolute Gasteiger partial charge is 0.336 e. The number of ether oxygens (including phenoxy) is 9. The van der Waals surface area contributed by atoms with E-state index in [9.17, 15) is 38.4 Å². The van der Waals surface area contributed by atoms with Crippen LogP contribution in [0.25, 0.3) is 11.0 Å². The van der Waals surface area contributed by atoms with Crippen molar-refractivity contribution in [2.24, 2.45) is 0 Å². The molecule has 0 saturated carbocycles. The Kier molecular flexibility index (Phi) is 14.5. The molecular formula is C36H44N2O18. The fourth-order valence-corrected chi connectivity index (χ4v) is 6.30. The van der Waals surface area contributed by atoms with Crippen molar-refractivity contribution in [2.45, 2.75) is 117 Å². The van der Waals surface area contributed by atoms with E-state index in [0.717, 1.165) is 41.5 Å². The SMILES string of the molecule is CC(=O)N[C@H]1[C@H](O[C@H]2[C@H](OC(C)=O)[C@@H](NC(C)=O)[C@H](Oc3ccc4c(C)cc(=O)oc4c3)O[C@@H]2COC(C)=O)O[C@H](COC(C)=O)[C@@H](OC(C)=O)[C@@H]1OC(C)=O. The molecule has 4 rings (SSSR count). The summed E-state index contributed by atoms with van der Waals surface area (Å²) in [5, 5.41) is 5.82. The van der Waals surface area contributed by atoms with Crippen molar-refractivity contribution in [3.63, 3.8) is 0 Å². The van der Waals surface area contributed by atoms with Crippen molar-refractivity contribution in [2.75, 3.05) is 13.2 Å². The molecule has 1 aromatic carbocycles. The summed E-state index contributed by atoms with van der Waals surface area (Å²) >= 11 is 0. The molecule has 2 saturated heterocycles. The number of amides is 2. The molecule has 2 fully saturated rings. The molecule has 1 aromatic heterocycles. The van der Waals surface area contributed by atoms with Gasteiger partial charge in [0.1, 0.15) is 54.9 Å². The summed E-state index contributed by atoms with van der Waals surface area (Å²) in [6.45, 7) is 8.35. The van der Waals surface area contributed by atoms with E-state index in [2.05, 4.69) is 10.6 Å². The van der Waals surface area contributed by atoms with Gasteiger partial charge in [0, 0.05) is 66.0 Å². The molecule has 0 unspecified atom stereocenters. The number of fused-ring (bicyclic) bond motifs is 1. The predicted molar refractivity (Wildman–Crippen MR) is 185 cm³/mol. The van der Waals surface area contributed by atoms with Crippen LogP contribution in [0.4, 0.5) is 0 Å². The third-order valence-electron chi connectivity index (χ3n) is 8.31. The van der Waals surface area contributed by atoms with Crippen LogP contribution in [0, 0.1) is 6.92 Å². The van der Waals surface area contributed by atoms with Gasteiger partial charge >= 0.3 is 35.5 Å². The van der Waals surface area contributed by atoms with Crippen molar-refractivity contribution < 1.29 is 80.6 Å². The Bertz CT molecular complexity index is 1880. The number of aryl methyl sites for hydroxylation is 1. The summed E-state index contributed by atoms with van der Waals surface area (Å²) in [6, 6.07) is 3.05. The monoisotopic (exact) mass is 792 g/mol. The first-order chi connectivity index (χ1) is 26.3. The summed E-state index contributed by atoms with van der Waals surface area (Å²) in [7, 11) is 0. The Morgan fingerprint density at radius 3 is 1.62 bits per heavy atom. The van der Waals surface area contributed by atoms with E-state index in [1.165, 1.54) is 19.1 Å². The standard InChI is InChI=1S/C36H44N2O18/c1-15-11-28(46)53-25-12-23(9-10-24(15)25)52-35-29(37-16(2)39)34(51-22(8)45)32(27(54-35)14-48-19(5)42)56-36-30(38-17(3)40)33(50-21(7)44)31(49-20(6)43)26(55-36)13-47-18(4)41/h9-12,26-27,29-36H,13-14H2,1-8H3,(H,37,39)(H,38,40)/t26-,27-,29-,30-,31-,32-,33-,34-,35-,36+/m1/s1. The number of carbonyl (C=O) groups excluding carboxylic acids is 7. The van der Waals surface area contributed by atoms with Crippen molar-refractivity contribution in [1.82, 2.24) is 10.6 Å². The minimum atomic E-state index is -1.70. The highest BCUT2D eigenvalue weighted by atomic mass is 16.7. The van der Waals surface area contributed by atoms with Gasteiger partial charge in [-0.15, -0.1) is 0 Å². The first kappa shape index (κ1) is 43.1. The summed E-state index contributed by atoms with van der Waals surface area (Å²) < 4.78 is 57.6. The van der Waals surface area contributed by atoms with E-state index in [-0.39, 0.29) is 11.3 Å². The quantitative estimate of drug-likeness (QED) is 0.156. The third kappa shape index (κ3) is 11.5. The number of hydrogen-bond acceptors (Lipinski definition) is 18. The van der Waals surface area contributed by atoms with Gasteiger partial charge in [0.05, 0.1) is 0 Å². The van der Waals surface area contributed by atoms with Crippen molar-refractivity contribution >= 4 is 52.6 Å².